The minimum Gasteiger partial charge on any atom is -0.384 e. The van der Waals surface area contributed by atoms with Crippen LogP contribution in [0.15, 0.2) is 48.7 Å². The quantitative estimate of drug-likeness (QED) is 0.524. The number of fused-ring (bicyclic) bond motifs is 2. The van der Waals surface area contributed by atoms with Crippen LogP contribution in [0.2, 0.25) is 0 Å². The zero-order valence-corrected chi connectivity index (χ0v) is 16.9. The first-order valence-electron chi connectivity index (χ1n) is 9.78. The third-order valence-corrected chi connectivity index (χ3v) is 5.45. The summed E-state index contributed by atoms with van der Waals surface area (Å²) in [6, 6.07) is 5.90. The van der Waals surface area contributed by atoms with Gasteiger partial charge in [-0.25, -0.2) is 28.4 Å². The molecule has 1 aliphatic heterocycles. The number of benzene rings is 1. The minimum atomic E-state index is -0.389. The third kappa shape index (κ3) is 3.18. The Kier molecular flexibility index (Phi) is 4.39. The van der Waals surface area contributed by atoms with Crippen molar-refractivity contribution in [3.05, 3.63) is 71.5 Å². The molecule has 0 spiro atoms. The predicted molar refractivity (Wildman–Crippen MR) is 115 cm³/mol. The van der Waals surface area contributed by atoms with Gasteiger partial charge in [0.05, 0.1) is 28.3 Å². The summed E-state index contributed by atoms with van der Waals surface area (Å²) >= 11 is 0. The second-order valence-corrected chi connectivity index (χ2v) is 7.50. The van der Waals surface area contributed by atoms with E-state index in [9.17, 15) is 8.78 Å². The van der Waals surface area contributed by atoms with E-state index in [-0.39, 0.29) is 17.7 Å². The normalized spacial score (nSPS) is 15.0. The van der Waals surface area contributed by atoms with Crippen LogP contribution in [0.3, 0.4) is 0 Å². The molecule has 0 aliphatic carbocycles. The Bertz CT molecular complexity index is 1400. The van der Waals surface area contributed by atoms with Crippen LogP contribution in [-0.2, 0) is 0 Å². The van der Waals surface area contributed by atoms with Crippen LogP contribution in [0.25, 0.3) is 27.5 Å². The van der Waals surface area contributed by atoms with Gasteiger partial charge in [0.1, 0.15) is 23.8 Å². The van der Waals surface area contributed by atoms with E-state index < -0.39 is 0 Å². The maximum absolute atomic E-state index is 14.0. The molecule has 9 heteroatoms. The Hall–Kier alpha value is -3.88. The van der Waals surface area contributed by atoms with Crippen molar-refractivity contribution in [3.8, 4) is 0 Å². The highest BCUT2D eigenvalue weighted by atomic mass is 19.1. The molecule has 4 aromatic rings. The lowest BCUT2D eigenvalue weighted by Crippen LogP contribution is -2.18. The SMILES string of the molecule is Cc1nn(C(C)c2nc3ccc(F)cc3cc2C2=CC(F)=CNC2)c2ncnc(N)c12. The molecule has 3 aromatic heterocycles. The number of nitrogens with zero attached hydrogens (tertiary/aromatic N) is 5. The monoisotopic (exact) mass is 419 g/mol. The number of rotatable bonds is 3. The van der Waals surface area contributed by atoms with Crippen molar-refractivity contribution >= 4 is 33.3 Å². The molecule has 156 valence electrons. The summed E-state index contributed by atoms with van der Waals surface area (Å²) in [5.74, 6) is -0.390. The van der Waals surface area contributed by atoms with Crippen LogP contribution < -0.4 is 11.1 Å². The summed E-state index contributed by atoms with van der Waals surface area (Å²) in [6.07, 6.45) is 4.17. The number of hydrogen-bond donors (Lipinski definition) is 2. The first-order chi connectivity index (χ1) is 14.9. The van der Waals surface area contributed by atoms with E-state index >= 15 is 0 Å². The molecule has 1 aromatic carbocycles. The highest BCUT2D eigenvalue weighted by Crippen LogP contribution is 2.33. The number of aromatic nitrogens is 5. The Morgan fingerprint density at radius 1 is 1.19 bits per heavy atom. The van der Waals surface area contributed by atoms with Crippen molar-refractivity contribution in [2.45, 2.75) is 19.9 Å². The molecule has 0 amide bonds. The van der Waals surface area contributed by atoms with Gasteiger partial charge < -0.3 is 11.1 Å². The number of dihydropyridines is 1. The summed E-state index contributed by atoms with van der Waals surface area (Å²) in [5, 5.41) is 8.88. The lowest BCUT2D eigenvalue weighted by atomic mass is 9.96. The number of hydrogen-bond acceptors (Lipinski definition) is 6. The Balaban J connectivity index is 1.76. The number of halogens is 2. The van der Waals surface area contributed by atoms with E-state index in [0.29, 0.717) is 56.8 Å². The largest absolute Gasteiger partial charge is 0.384 e. The van der Waals surface area contributed by atoms with Crippen molar-refractivity contribution < 1.29 is 8.78 Å². The van der Waals surface area contributed by atoms with Gasteiger partial charge >= 0.3 is 0 Å². The second kappa shape index (κ2) is 7.12. The third-order valence-electron chi connectivity index (χ3n) is 5.45. The topological polar surface area (TPSA) is 94.5 Å². The predicted octanol–water partition coefficient (Wildman–Crippen LogP) is 3.81. The average molecular weight is 419 g/mol. The summed E-state index contributed by atoms with van der Waals surface area (Å²) in [7, 11) is 0. The molecule has 1 atom stereocenters. The van der Waals surface area contributed by atoms with Gasteiger partial charge in [0.25, 0.3) is 0 Å². The van der Waals surface area contributed by atoms with Crippen LogP contribution in [0, 0.1) is 12.7 Å². The number of nitrogens with one attached hydrogen (secondary N) is 1. The fraction of sp³-hybridized carbons (Fsp3) is 0.182. The number of allylic oxidation sites excluding steroid dienone is 2. The van der Waals surface area contributed by atoms with Crippen LogP contribution >= 0.6 is 0 Å². The molecule has 0 fully saturated rings. The fourth-order valence-corrected chi connectivity index (χ4v) is 3.98. The van der Waals surface area contributed by atoms with Crippen molar-refractivity contribution in [1.82, 2.24) is 30.0 Å². The molecule has 5 rings (SSSR count). The molecule has 7 nitrogen and oxygen atoms in total. The Labute approximate surface area is 176 Å². The molecular formula is C22H19F2N7. The fourth-order valence-electron chi connectivity index (χ4n) is 3.98. The summed E-state index contributed by atoms with van der Waals surface area (Å²) in [6.45, 7) is 4.20. The van der Waals surface area contributed by atoms with Gasteiger partial charge in [0.15, 0.2) is 5.65 Å². The van der Waals surface area contributed by atoms with E-state index in [0.717, 1.165) is 0 Å². The van der Waals surface area contributed by atoms with Gasteiger partial charge in [-0.3, -0.25) is 0 Å². The number of nitrogens with two attached hydrogens (primary N) is 1. The van der Waals surface area contributed by atoms with Crippen LogP contribution in [0.4, 0.5) is 14.6 Å². The first kappa shape index (κ1) is 19.1. The zero-order chi connectivity index (χ0) is 21.7. The lowest BCUT2D eigenvalue weighted by molar-refractivity contribution is 0.561. The lowest BCUT2D eigenvalue weighted by Gasteiger charge is -2.21. The van der Waals surface area contributed by atoms with Gasteiger partial charge in [0, 0.05) is 23.7 Å². The molecule has 4 heterocycles. The van der Waals surface area contributed by atoms with E-state index in [1.54, 1.807) is 10.7 Å². The highest BCUT2D eigenvalue weighted by Gasteiger charge is 2.23. The number of anilines is 1. The maximum atomic E-state index is 14.0. The first-order valence-corrected chi connectivity index (χ1v) is 9.78. The van der Waals surface area contributed by atoms with Gasteiger partial charge in [-0.15, -0.1) is 0 Å². The van der Waals surface area contributed by atoms with Gasteiger partial charge in [-0.1, -0.05) is 0 Å². The molecule has 31 heavy (non-hydrogen) atoms. The van der Waals surface area contributed by atoms with Crippen molar-refractivity contribution in [2.24, 2.45) is 0 Å². The standard InChI is InChI=1S/C22H19F2N7/c1-11-19-21(25)27-10-28-22(19)31(30-11)12(2)20-17(14-6-16(24)9-26-8-14)7-13-5-15(23)3-4-18(13)29-20/h3-7,9-10,12,26H,8H2,1-2H3,(H2,25,27,28). The van der Waals surface area contributed by atoms with E-state index in [2.05, 4.69) is 20.4 Å². The Morgan fingerprint density at radius 3 is 2.84 bits per heavy atom. The van der Waals surface area contributed by atoms with Crippen molar-refractivity contribution in [2.75, 3.05) is 12.3 Å². The highest BCUT2D eigenvalue weighted by molar-refractivity contribution is 5.88. The van der Waals surface area contributed by atoms with Crippen LogP contribution in [0.1, 0.15) is 29.9 Å². The summed E-state index contributed by atoms with van der Waals surface area (Å²) in [5.41, 5.74) is 10.1. The van der Waals surface area contributed by atoms with E-state index in [4.69, 9.17) is 10.7 Å². The van der Waals surface area contributed by atoms with Crippen LogP contribution in [0.5, 0.6) is 0 Å². The second-order valence-electron chi connectivity index (χ2n) is 7.50. The Morgan fingerprint density at radius 2 is 2.03 bits per heavy atom. The average Bonchev–Trinajstić information content (AvgIpc) is 3.10. The molecular weight excluding hydrogens is 400 g/mol. The number of pyridine rings is 1. The van der Waals surface area contributed by atoms with E-state index in [1.807, 2.05) is 19.9 Å². The zero-order valence-electron chi connectivity index (χ0n) is 16.9. The molecule has 0 bridgehead atoms. The van der Waals surface area contributed by atoms with Gasteiger partial charge in [-0.05, 0) is 49.8 Å². The van der Waals surface area contributed by atoms with Gasteiger partial charge in [-0.2, -0.15) is 5.10 Å². The summed E-state index contributed by atoms with van der Waals surface area (Å²) in [4.78, 5) is 13.3. The molecule has 0 radical (unpaired) electrons. The molecule has 1 aliphatic rings. The molecule has 3 N–H and O–H groups in total. The smallest absolute Gasteiger partial charge is 0.164 e. The summed E-state index contributed by atoms with van der Waals surface area (Å²) < 4.78 is 29.6. The van der Waals surface area contributed by atoms with Crippen LogP contribution in [-0.4, -0.2) is 31.3 Å². The van der Waals surface area contributed by atoms with Gasteiger partial charge in [0.2, 0.25) is 0 Å². The minimum absolute atomic E-state index is 0.356. The molecule has 0 saturated heterocycles. The van der Waals surface area contributed by atoms with E-state index in [1.165, 1.54) is 30.7 Å². The maximum Gasteiger partial charge on any atom is 0.164 e. The number of nitrogen functional groups attached to an aromatic ring is 1. The van der Waals surface area contributed by atoms with Crippen molar-refractivity contribution in [3.63, 3.8) is 0 Å². The van der Waals surface area contributed by atoms with Crippen molar-refractivity contribution in [1.29, 1.82) is 0 Å². The molecule has 0 saturated carbocycles. The number of aryl methyl sites for hydroxylation is 1. The molecule has 1 unspecified atom stereocenters.